The lowest BCUT2D eigenvalue weighted by molar-refractivity contribution is -0.123. The van der Waals surface area contributed by atoms with Gasteiger partial charge in [0, 0.05) is 45.2 Å². The molecule has 2 fully saturated rings. The molecule has 28 heavy (non-hydrogen) atoms. The molecule has 0 bridgehead atoms. The molecule has 3 heterocycles. The van der Waals surface area contributed by atoms with Gasteiger partial charge in [0.05, 0.1) is 12.2 Å². The molecule has 1 unspecified atom stereocenters. The third-order valence-corrected chi connectivity index (χ3v) is 5.54. The van der Waals surface area contributed by atoms with Crippen LogP contribution in [0.25, 0.3) is 0 Å². The summed E-state index contributed by atoms with van der Waals surface area (Å²) in [6, 6.07) is 0.0177. The van der Waals surface area contributed by atoms with Crippen molar-refractivity contribution in [3.63, 3.8) is 0 Å². The fourth-order valence-electron chi connectivity index (χ4n) is 4.08. The number of hydrogen-bond acceptors (Lipinski definition) is 6. The number of urea groups is 1. The fourth-order valence-corrected chi connectivity index (χ4v) is 4.08. The quantitative estimate of drug-likeness (QED) is 0.826. The van der Waals surface area contributed by atoms with Crippen LogP contribution in [0.5, 0.6) is 0 Å². The maximum Gasteiger partial charge on any atom is 0.317 e. The maximum absolute atomic E-state index is 12.4. The van der Waals surface area contributed by atoms with Crippen molar-refractivity contribution >= 4 is 6.03 Å². The number of amides is 2. The summed E-state index contributed by atoms with van der Waals surface area (Å²) in [7, 11) is 1.67. The molecule has 1 aromatic heterocycles. The molecule has 1 aromatic rings. The van der Waals surface area contributed by atoms with Crippen molar-refractivity contribution in [1.29, 1.82) is 0 Å². The Labute approximate surface area is 167 Å². The molecule has 2 aliphatic rings. The van der Waals surface area contributed by atoms with Crippen LogP contribution in [0.2, 0.25) is 0 Å². The van der Waals surface area contributed by atoms with Crippen LogP contribution in [0.3, 0.4) is 0 Å². The van der Waals surface area contributed by atoms with Gasteiger partial charge in [0.25, 0.3) is 0 Å². The van der Waals surface area contributed by atoms with Crippen LogP contribution < -0.4 is 5.32 Å². The van der Waals surface area contributed by atoms with Crippen molar-refractivity contribution < 1.29 is 18.8 Å². The Kier molecular flexibility index (Phi) is 6.60. The lowest BCUT2D eigenvalue weighted by Gasteiger charge is -2.46. The van der Waals surface area contributed by atoms with E-state index in [9.17, 15) is 4.79 Å². The van der Waals surface area contributed by atoms with Crippen LogP contribution in [0.15, 0.2) is 4.52 Å². The number of ether oxygens (including phenoxy) is 2. The van der Waals surface area contributed by atoms with Crippen molar-refractivity contribution in [2.45, 2.75) is 70.4 Å². The smallest absolute Gasteiger partial charge is 0.317 e. The van der Waals surface area contributed by atoms with Crippen LogP contribution >= 0.6 is 0 Å². The number of rotatable bonds is 5. The summed E-state index contributed by atoms with van der Waals surface area (Å²) in [5.74, 6) is 1.88. The number of aromatic nitrogens is 2. The standard InChI is InChI=1S/C20H34N4O4/c1-19(2,3)22-18(25)24-9-7-20(8-10-24)14-15(5-12-27-20)13-17-21-16(23-28-17)6-11-26-4/h15H,5-14H2,1-4H3,(H,22,25). The summed E-state index contributed by atoms with van der Waals surface area (Å²) in [6.07, 6.45) is 5.21. The largest absolute Gasteiger partial charge is 0.384 e. The van der Waals surface area contributed by atoms with Gasteiger partial charge in [-0.1, -0.05) is 5.16 Å². The third-order valence-electron chi connectivity index (χ3n) is 5.54. The minimum absolute atomic E-state index is 0.0177. The molecule has 0 aromatic carbocycles. The molecular weight excluding hydrogens is 360 g/mol. The number of carbonyl (C=O) groups is 1. The average molecular weight is 395 g/mol. The number of nitrogens with one attached hydrogen (secondary N) is 1. The predicted octanol–water partition coefficient (Wildman–Crippen LogP) is 2.57. The Balaban J connectivity index is 1.51. The Morgan fingerprint density at radius 2 is 2.11 bits per heavy atom. The molecule has 0 aliphatic carbocycles. The zero-order valence-electron chi connectivity index (χ0n) is 17.6. The highest BCUT2D eigenvalue weighted by molar-refractivity contribution is 5.75. The van der Waals surface area contributed by atoms with Gasteiger partial charge in [0.15, 0.2) is 5.82 Å². The van der Waals surface area contributed by atoms with Crippen LogP contribution in [0.4, 0.5) is 4.79 Å². The Morgan fingerprint density at radius 3 is 2.79 bits per heavy atom. The van der Waals surface area contributed by atoms with Gasteiger partial charge in [0.1, 0.15) is 0 Å². The van der Waals surface area contributed by atoms with Crippen molar-refractivity contribution in [1.82, 2.24) is 20.4 Å². The molecule has 8 nitrogen and oxygen atoms in total. The van der Waals surface area contributed by atoms with Gasteiger partial charge in [-0.25, -0.2) is 4.79 Å². The van der Waals surface area contributed by atoms with E-state index in [2.05, 4.69) is 15.5 Å². The molecule has 1 atom stereocenters. The zero-order chi connectivity index (χ0) is 20.2. The summed E-state index contributed by atoms with van der Waals surface area (Å²) in [5, 5.41) is 7.08. The summed E-state index contributed by atoms with van der Waals surface area (Å²) < 4.78 is 16.7. The van der Waals surface area contributed by atoms with Gasteiger partial charge < -0.3 is 24.2 Å². The molecule has 8 heteroatoms. The molecule has 3 rings (SSSR count). The van der Waals surface area contributed by atoms with E-state index in [0.29, 0.717) is 30.7 Å². The summed E-state index contributed by atoms with van der Waals surface area (Å²) >= 11 is 0. The molecule has 158 valence electrons. The van der Waals surface area contributed by atoms with Crippen LogP contribution in [-0.2, 0) is 22.3 Å². The molecule has 2 saturated heterocycles. The zero-order valence-corrected chi connectivity index (χ0v) is 17.6. The molecule has 1 N–H and O–H groups in total. The lowest BCUT2D eigenvalue weighted by Crippen LogP contribution is -2.55. The van der Waals surface area contributed by atoms with Crippen LogP contribution in [0.1, 0.15) is 58.2 Å². The van der Waals surface area contributed by atoms with E-state index in [-0.39, 0.29) is 17.2 Å². The monoisotopic (exact) mass is 394 g/mol. The molecule has 0 saturated carbocycles. The first-order chi connectivity index (χ1) is 13.3. The number of nitrogens with zero attached hydrogens (tertiary/aromatic N) is 3. The number of likely N-dealkylation sites (tertiary alicyclic amines) is 1. The van der Waals surface area contributed by atoms with Crippen LogP contribution in [-0.4, -0.2) is 65.6 Å². The molecule has 0 radical (unpaired) electrons. The van der Waals surface area contributed by atoms with Crippen molar-refractivity contribution in [2.75, 3.05) is 33.4 Å². The number of carbonyl (C=O) groups excluding carboxylic acids is 1. The molecule has 2 aliphatic heterocycles. The third kappa shape index (κ3) is 5.67. The van der Waals surface area contributed by atoms with E-state index in [1.807, 2.05) is 25.7 Å². The number of hydrogen-bond donors (Lipinski definition) is 1. The van der Waals surface area contributed by atoms with Gasteiger partial charge in [-0.15, -0.1) is 0 Å². The van der Waals surface area contributed by atoms with E-state index in [1.165, 1.54) is 0 Å². The highest BCUT2D eigenvalue weighted by Gasteiger charge is 2.41. The van der Waals surface area contributed by atoms with Gasteiger partial charge in [0.2, 0.25) is 5.89 Å². The van der Waals surface area contributed by atoms with E-state index < -0.39 is 0 Å². The van der Waals surface area contributed by atoms with Crippen molar-refractivity contribution in [3.05, 3.63) is 11.7 Å². The molecule has 2 amide bonds. The second kappa shape index (κ2) is 8.78. The minimum Gasteiger partial charge on any atom is -0.384 e. The number of methoxy groups -OCH3 is 1. The summed E-state index contributed by atoms with van der Waals surface area (Å²) in [4.78, 5) is 18.8. The average Bonchev–Trinajstić information content (AvgIpc) is 3.06. The Bertz CT molecular complexity index is 647. The highest BCUT2D eigenvalue weighted by atomic mass is 16.5. The van der Waals surface area contributed by atoms with Gasteiger partial charge >= 0.3 is 6.03 Å². The van der Waals surface area contributed by atoms with E-state index >= 15 is 0 Å². The Morgan fingerprint density at radius 1 is 1.36 bits per heavy atom. The van der Waals surface area contributed by atoms with Crippen molar-refractivity contribution in [3.8, 4) is 0 Å². The minimum atomic E-state index is -0.217. The second-order valence-corrected chi connectivity index (χ2v) is 9.11. The first-order valence-corrected chi connectivity index (χ1v) is 10.3. The second-order valence-electron chi connectivity index (χ2n) is 9.11. The normalized spacial score (nSPS) is 22.4. The first-order valence-electron chi connectivity index (χ1n) is 10.3. The fraction of sp³-hybridized carbons (Fsp3) is 0.850. The van der Waals surface area contributed by atoms with E-state index in [4.69, 9.17) is 14.0 Å². The van der Waals surface area contributed by atoms with Crippen LogP contribution in [0, 0.1) is 5.92 Å². The molecule has 1 spiro atoms. The highest BCUT2D eigenvalue weighted by Crippen LogP contribution is 2.38. The van der Waals surface area contributed by atoms with Gasteiger partial charge in [-0.3, -0.25) is 0 Å². The summed E-state index contributed by atoms with van der Waals surface area (Å²) in [6.45, 7) is 8.82. The van der Waals surface area contributed by atoms with Gasteiger partial charge in [-0.2, -0.15) is 4.98 Å². The predicted molar refractivity (Wildman–Crippen MR) is 104 cm³/mol. The molecular formula is C20H34N4O4. The maximum atomic E-state index is 12.4. The topological polar surface area (TPSA) is 89.7 Å². The number of piperidine rings is 1. The van der Waals surface area contributed by atoms with Gasteiger partial charge in [-0.05, 0) is 52.4 Å². The lowest BCUT2D eigenvalue weighted by atomic mass is 9.78. The first kappa shape index (κ1) is 21.0. The SMILES string of the molecule is COCCc1noc(CC2CCOC3(CCN(C(=O)NC(C)(C)C)CC3)C2)n1. The van der Waals surface area contributed by atoms with Crippen molar-refractivity contribution in [2.24, 2.45) is 5.92 Å². The Hall–Kier alpha value is -1.67. The summed E-state index contributed by atoms with van der Waals surface area (Å²) in [5.41, 5.74) is -0.342. The van der Waals surface area contributed by atoms with E-state index in [0.717, 1.165) is 51.8 Å². The van der Waals surface area contributed by atoms with E-state index in [1.54, 1.807) is 7.11 Å².